The summed E-state index contributed by atoms with van der Waals surface area (Å²) in [7, 11) is 0. The lowest BCUT2D eigenvalue weighted by Gasteiger charge is -2.44. The van der Waals surface area contributed by atoms with Crippen molar-refractivity contribution in [1.29, 1.82) is 0 Å². The van der Waals surface area contributed by atoms with E-state index in [9.17, 15) is 14.4 Å². The molecule has 1 heterocycles. The lowest BCUT2D eigenvalue weighted by molar-refractivity contribution is -0.140. The first kappa shape index (κ1) is 21.3. The zero-order valence-corrected chi connectivity index (χ0v) is 18.0. The van der Waals surface area contributed by atoms with E-state index in [1.54, 1.807) is 36.4 Å². The minimum atomic E-state index is -0.637. The maximum Gasteiger partial charge on any atom is 0.339 e. The van der Waals surface area contributed by atoms with Crippen LogP contribution < -0.4 is 0 Å². The van der Waals surface area contributed by atoms with Gasteiger partial charge in [0.15, 0.2) is 12.4 Å². The molecule has 1 aliphatic heterocycles. The highest BCUT2D eigenvalue weighted by Gasteiger charge is 2.36. The Hall–Kier alpha value is -2.95. The van der Waals surface area contributed by atoms with Gasteiger partial charge in [0.2, 0.25) is 0 Å². The van der Waals surface area contributed by atoms with E-state index in [0.29, 0.717) is 11.5 Å². The summed E-state index contributed by atoms with van der Waals surface area (Å²) < 4.78 is 5.39. The van der Waals surface area contributed by atoms with E-state index >= 15 is 0 Å². The smallest absolute Gasteiger partial charge is 0.339 e. The van der Waals surface area contributed by atoms with Crippen LogP contribution in [0.15, 0.2) is 48.5 Å². The monoisotopic (exact) mass is 419 g/mol. The standard InChI is InChI=1S/C26H29NO4/c1-18-12-14-20(15-13-18)25(29)21-9-3-4-10-22(21)26(30)31-17-24(28)27-16-6-8-19-7-2-5-11-23(19)27/h3-4,9-10,12-15,19,23H,2,5-8,11,16-17H2,1H3/t19-,23-/m1/s1. The second-order valence-electron chi connectivity index (χ2n) is 8.66. The van der Waals surface area contributed by atoms with Crippen LogP contribution in [0.2, 0.25) is 0 Å². The van der Waals surface area contributed by atoms with Crippen LogP contribution in [0.25, 0.3) is 0 Å². The number of rotatable bonds is 5. The zero-order valence-electron chi connectivity index (χ0n) is 18.0. The Morgan fingerprint density at radius 3 is 2.35 bits per heavy atom. The number of aryl methyl sites for hydroxylation is 1. The van der Waals surface area contributed by atoms with Crippen LogP contribution in [0.3, 0.4) is 0 Å². The summed E-state index contributed by atoms with van der Waals surface area (Å²) in [5, 5.41) is 0. The predicted molar refractivity (Wildman–Crippen MR) is 118 cm³/mol. The third-order valence-corrected chi connectivity index (χ3v) is 6.60. The van der Waals surface area contributed by atoms with Crippen LogP contribution in [0.5, 0.6) is 0 Å². The Kier molecular flexibility index (Phi) is 6.50. The summed E-state index contributed by atoms with van der Waals surface area (Å²) in [5.74, 6) is -0.427. The van der Waals surface area contributed by atoms with Gasteiger partial charge in [-0.05, 0) is 44.6 Å². The molecule has 5 nitrogen and oxygen atoms in total. The van der Waals surface area contributed by atoms with Crippen LogP contribution in [-0.4, -0.2) is 41.8 Å². The van der Waals surface area contributed by atoms with Gasteiger partial charge in [-0.25, -0.2) is 4.79 Å². The molecule has 2 aromatic carbocycles. The average molecular weight is 420 g/mol. The van der Waals surface area contributed by atoms with Gasteiger partial charge in [-0.3, -0.25) is 9.59 Å². The van der Waals surface area contributed by atoms with Gasteiger partial charge in [0, 0.05) is 23.7 Å². The Labute approximate surface area is 183 Å². The van der Waals surface area contributed by atoms with Gasteiger partial charge in [0.05, 0.1) is 5.56 Å². The van der Waals surface area contributed by atoms with Crippen LogP contribution in [0.1, 0.15) is 70.4 Å². The Balaban J connectivity index is 1.44. The molecule has 0 bridgehead atoms. The Bertz CT molecular complexity index is 964. The van der Waals surface area contributed by atoms with E-state index in [-0.39, 0.29) is 35.5 Å². The number of esters is 1. The maximum absolute atomic E-state index is 12.9. The van der Waals surface area contributed by atoms with Crippen molar-refractivity contribution in [3.05, 3.63) is 70.8 Å². The van der Waals surface area contributed by atoms with Crippen molar-refractivity contribution >= 4 is 17.7 Å². The van der Waals surface area contributed by atoms with Gasteiger partial charge in [-0.1, -0.05) is 60.9 Å². The van der Waals surface area contributed by atoms with Crippen molar-refractivity contribution in [1.82, 2.24) is 4.90 Å². The molecule has 1 saturated carbocycles. The summed E-state index contributed by atoms with van der Waals surface area (Å²) in [5.41, 5.74) is 2.04. The zero-order chi connectivity index (χ0) is 21.8. The number of ether oxygens (including phenoxy) is 1. The van der Waals surface area contributed by atoms with Gasteiger partial charge in [-0.2, -0.15) is 0 Å². The van der Waals surface area contributed by atoms with E-state index < -0.39 is 5.97 Å². The predicted octanol–water partition coefficient (Wildman–Crippen LogP) is 4.56. The molecule has 2 atom stereocenters. The Morgan fingerprint density at radius 2 is 1.58 bits per heavy atom. The molecule has 1 saturated heterocycles. The lowest BCUT2D eigenvalue weighted by atomic mass is 9.78. The number of ketones is 1. The van der Waals surface area contributed by atoms with Gasteiger partial charge in [0.1, 0.15) is 0 Å². The van der Waals surface area contributed by atoms with Crippen molar-refractivity contribution in [3.8, 4) is 0 Å². The molecule has 0 radical (unpaired) electrons. The minimum Gasteiger partial charge on any atom is -0.452 e. The van der Waals surface area contributed by atoms with Crippen molar-refractivity contribution in [3.63, 3.8) is 0 Å². The topological polar surface area (TPSA) is 63.7 Å². The first-order chi connectivity index (χ1) is 15.0. The van der Waals surface area contributed by atoms with Crippen LogP contribution in [0, 0.1) is 12.8 Å². The molecular formula is C26H29NO4. The highest BCUT2D eigenvalue weighted by Crippen LogP contribution is 2.35. The summed E-state index contributed by atoms with van der Waals surface area (Å²) in [4.78, 5) is 40.5. The first-order valence-corrected chi connectivity index (χ1v) is 11.2. The van der Waals surface area contributed by atoms with Crippen LogP contribution in [-0.2, 0) is 9.53 Å². The fraction of sp³-hybridized carbons (Fsp3) is 0.423. The largest absolute Gasteiger partial charge is 0.452 e. The number of likely N-dealkylation sites (tertiary alicyclic amines) is 1. The summed E-state index contributed by atoms with van der Waals surface area (Å²) in [6, 6.07) is 14.1. The Morgan fingerprint density at radius 1 is 0.903 bits per heavy atom. The fourth-order valence-electron chi connectivity index (χ4n) is 4.94. The quantitative estimate of drug-likeness (QED) is 0.526. The molecule has 31 heavy (non-hydrogen) atoms. The summed E-state index contributed by atoms with van der Waals surface area (Å²) in [6.45, 7) is 2.41. The molecular weight excluding hydrogens is 390 g/mol. The minimum absolute atomic E-state index is 0.132. The van der Waals surface area contributed by atoms with Crippen LogP contribution in [0.4, 0.5) is 0 Å². The molecule has 5 heteroatoms. The lowest BCUT2D eigenvalue weighted by Crippen LogP contribution is -2.50. The molecule has 1 aliphatic carbocycles. The first-order valence-electron chi connectivity index (χ1n) is 11.2. The summed E-state index contributed by atoms with van der Waals surface area (Å²) >= 11 is 0. The number of carbonyl (C=O) groups excluding carboxylic acids is 3. The average Bonchev–Trinajstić information content (AvgIpc) is 2.82. The number of amides is 1. The third kappa shape index (κ3) is 4.71. The number of fused-ring (bicyclic) bond motifs is 1. The second kappa shape index (κ2) is 9.46. The third-order valence-electron chi connectivity index (χ3n) is 6.60. The van der Waals surface area contributed by atoms with E-state index in [2.05, 4.69) is 0 Å². The molecule has 2 fully saturated rings. The van der Waals surface area contributed by atoms with E-state index in [0.717, 1.165) is 31.4 Å². The molecule has 0 unspecified atom stereocenters. The molecule has 0 N–H and O–H groups in total. The van der Waals surface area contributed by atoms with E-state index in [1.807, 2.05) is 24.0 Å². The van der Waals surface area contributed by atoms with Crippen molar-refractivity contribution < 1.29 is 19.1 Å². The normalized spacial score (nSPS) is 20.6. The van der Waals surface area contributed by atoms with Gasteiger partial charge in [0.25, 0.3) is 5.91 Å². The molecule has 4 rings (SSSR count). The SMILES string of the molecule is Cc1ccc(C(=O)c2ccccc2C(=O)OCC(=O)N2CCC[C@H]3CCCC[C@H]32)cc1. The molecule has 2 aliphatic rings. The van der Waals surface area contributed by atoms with Crippen molar-refractivity contribution in [2.75, 3.05) is 13.2 Å². The number of hydrogen-bond acceptors (Lipinski definition) is 4. The fourth-order valence-corrected chi connectivity index (χ4v) is 4.94. The highest BCUT2D eigenvalue weighted by atomic mass is 16.5. The van der Waals surface area contributed by atoms with Crippen molar-refractivity contribution in [2.45, 2.75) is 51.5 Å². The molecule has 1 amide bonds. The number of benzene rings is 2. The summed E-state index contributed by atoms with van der Waals surface area (Å²) in [6.07, 6.45) is 6.81. The molecule has 0 aromatic heterocycles. The molecule has 0 spiro atoms. The van der Waals surface area contributed by atoms with Gasteiger partial charge >= 0.3 is 5.97 Å². The number of nitrogens with zero attached hydrogens (tertiary/aromatic N) is 1. The van der Waals surface area contributed by atoms with Crippen molar-refractivity contribution in [2.24, 2.45) is 5.92 Å². The number of carbonyl (C=O) groups is 3. The van der Waals surface area contributed by atoms with Crippen LogP contribution >= 0.6 is 0 Å². The van der Waals surface area contributed by atoms with E-state index in [4.69, 9.17) is 4.74 Å². The van der Waals surface area contributed by atoms with E-state index in [1.165, 1.54) is 19.3 Å². The highest BCUT2D eigenvalue weighted by molar-refractivity contribution is 6.14. The maximum atomic E-state index is 12.9. The number of hydrogen-bond donors (Lipinski definition) is 0. The second-order valence-corrected chi connectivity index (χ2v) is 8.66. The van der Waals surface area contributed by atoms with Gasteiger partial charge < -0.3 is 9.64 Å². The van der Waals surface area contributed by atoms with Gasteiger partial charge in [-0.15, -0.1) is 0 Å². The molecule has 162 valence electrons. The number of piperidine rings is 1. The molecule has 2 aromatic rings.